The van der Waals surface area contributed by atoms with E-state index in [0.717, 1.165) is 0 Å². The van der Waals surface area contributed by atoms with E-state index in [2.05, 4.69) is 9.99 Å². The zero-order valence-electron chi connectivity index (χ0n) is 5.00. The smallest absolute Gasteiger partial charge is 0.119 e. The molecule has 0 spiro atoms. The van der Waals surface area contributed by atoms with Crippen LogP contribution in [0, 0.1) is 0 Å². The molecule has 8 heavy (non-hydrogen) atoms. The predicted molar refractivity (Wildman–Crippen MR) is 31.8 cm³/mol. The van der Waals surface area contributed by atoms with Crippen molar-refractivity contribution >= 4 is 6.21 Å². The van der Waals surface area contributed by atoms with Crippen LogP contribution < -0.4 is 0 Å². The van der Waals surface area contributed by atoms with Gasteiger partial charge in [0.2, 0.25) is 0 Å². The first-order valence-corrected chi connectivity index (χ1v) is 2.62. The molecular weight excluding hydrogens is 106 g/mol. The molecule has 0 radical (unpaired) electrons. The second kappa shape index (κ2) is 6.43. The summed E-state index contributed by atoms with van der Waals surface area (Å²) in [6, 6.07) is 0. The van der Waals surface area contributed by atoms with Crippen molar-refractivity contribution < 1.29 is 9.94 Å². The molecule has 0 fully saturated rings. The fourth-order valence-electron chi connectivity index (χ4n) is 0.256. The van der Waals surface area contributed by atoms with Crippen molar-refractivity contribution in [2.75, 3.05) is 13.2 Å². The quantitative estimate of drug-likeness (QED) is 0.329. The third kappa shape index (κ3) is 5.43. The van der Waals surface area contributed by atoms with Gasteiger partial charge in [-0.2, -0.15) is 0 Å². The third-order valence-electron chi connectivity index (χ3n) is 0.574. The van der Waals surface area contributed by atoms with Gasteiger partial charge in [-0.3, -0.25) is 0 Å². The maximum absolute atomic E-state index is 8.23. The monoisotopic (exact) mass is 117 g/mol. The highest BCUT2D eigenvalue weighted by molar-refractivity contribution is 5.52. The number of nitrogens with zero attached hydrogens (tertiary/aromatic N) is 1. The molecule has 0 unspecified atom stereocenters. The zero-order valence-corrected chi connectivity index (χ0v) is 5.00. The zero-order chi connectivity index (χ0) is 6.24. The van der Waals surface area contributed by atoms with E-state index in [1.165, 1.54) is 0 Å². The van der Waals surface area contributed by atoms with E-state index < -0.39 is 0 Å². The Bertz CT molecular complexity index is 63.4. The summed E-state index contributed by atoms with van der Waals surface area (Å²) in [6.45, 7) is 2.44. The standard InChI is InChI=1S/C5H11NO2/c1-2-6-8-5-3-4-7/h2,7H,3-5H2,1H3. The fraction of sp³-hybridized carbons (Fsp3) is 0.800. The SMILES string of the molecule is CC=NOCCCO. The molecule has 3 heteroatoms. The summed E-state index contributed by atoms with van der Waals surface area (Å²) in [4.78, 5) is 4.63. The number of aliphatic hydroxyl groups excluding tert-OH is 1. The first-order chi connectivity index (χ1) is 3.91. The van der Waals surface area contributed by atoms with Gasteiger partial charge in [0.05, 0.1) is 0 Å². The van der Waals surface area contributed by atoms with Gasteiger partial charge in [-0.15, -0.1) is 0 Å². The number of oxime groups is 1. The van der Waals surface area contributed by atoms with E-state index in [1.54, 1.807) is 13.1 Å². The van der Waals surface area contributed by atoms with Crippen molar-refractivity contribution in [3.05, 3.63) is 0 Å². The molecule has 3 nitrogen and oxygen atoms in total. The van der Waals surface area contributed by atoms with E-state index in [4.69, 9.17) is 5.11 Å². The molecule has 0 aliphatic carbocycles. The van der Waals surface area contributed by atoms with Crippen LogP contribution in [0.4, 0.5) is 0 Å². The lowest BCUT2D eigenvalue weighted by molar-refractivity contribution is 0.125. The van der Waals surface area contributed by atoms with Crippen LogP contribution in [0.5, 0.6) is 0 Å². The fourth-order valence-corrected chi connectivity index (χ4v) is 0.256. The summed E-state index contributed by atoms with van der Waals surface area (Å²) in [5.41, 5.74) is 0. The van der Waals surface area contributed by atoms with Gasteiger partial charge < -0.3 is 9.94 Å². The average Bonchev–Trinajstić information content (AvgIpc) is 1.81. The van der Waals surface area contributed by atoms with Gasteiger partial charge in [-0.1, -0.05) is 5.16 Å². The molecule has 1 N–H and O–H groups in total. The van der Waals surface area contributed by atoms with Gasteiger partial charge in [-0.25, -0.2) is 0 Å². The highest BCUT2D eigenvalue weighted by Crippen LogP contribution is 1.78. The molecule has 48 valence electrons. The number of aliphatic hydroxyl groups is 1. The van der Waals surface area contributed by atoms with Crippen molar-refractivity contribution in [2.45, 2.75) is 13.3 Å². The van der Waals surface area contributed by atoms with Crippen LogP contribution in [0.25, 0.3) is 0 Å². The summed E-state index contributed by atoms with van der Waals surface area (Å²) in [6.07, 6.45) is 2.22. The van der Waals surface area contributed by atoms with Crippen LogP contribution in [-0.4, -0.2) is 24.5 Å². The molecule has 0 amide bonds. The number of rotatable bonds is 4. The summed E-state index contributed by atoms with van der Waals surface area (Å²) in [5.74, 6) is 0. The molecule has 0 heterocycles. The minimum absolute atomic E-state index is 0.166. The van der Waals surface area contributed by atoms with Crippen molar-refractivity contribution in [3.8, 4) is 0 Å². The van der Waals surface area contributed by atoms with Crippen LogP contribution in [0.2, 0.25) is 0 Å². The lowest BCUT2D eigenvalue weighted by atomic mass is 10.5. The van der Waals surface area contributed by atoms with Crippen LogP contribution in [-0.2, 0) is 4.84 Å². The van der Waals surface area contributed by atoms with Crippen LogP contribution in [0.1, 0.15) is 13.3 Å². The van der Waals surface area contributed by atoms with Gasteiger partial charge in [0, 0.05) is 19.2 Å². The van der Waals surface area contributed by atoms with Crippen LogP contribution in [0.3, 0.4) is 0 Å². The Labute approximate surface area is 49.0 Å². The van der Waals surface area contributed by atoms with Crippen molar-refractivity contribution in [1.82, 2.24) is 0 Å². The predicted octanol–water partition coefficient (Wildman–Crippen LogP) is 0.391. The van der Waals surface area contributed by atoms with Gasteiger partial charge in [0.15, 0.2) is 0 Å². The van der Waals surface area contributed by atoms with Crippen LogP contribution in [0.15, 0.2) is 5.16 Å². The Morgan fingerprint density at radius 1 is 1.75 bits per heavy atom. The highest BCUT2D eigenvalue weighted by Gasteiger charge is 1.79. The maximum Gasteiger partial charge on any atom is 0.119 e. The van der Waals surface area contributed by atoms with Crippen molar-refractivity contribution in [2.24, 2.45) is 5.16 Å². The third-order valence-corrected chi connectivity index (χ3v) is 0.574. The molecule has 0 aromatic carbocycles. The lowest BCUT2D eigenvalue weighted by Crippen LogP contribution is -1.90. The topological polar surface area (TPSA) is 41.8 Å². The van der Waals surface area contributed by atoms with E-state index >= 15 is 0 Å². The molecule has 0 aliphatic rings. The van der Waals surface area contributed by atoms with E-state index in [9.17, 15) is 0 Å². The summed E-state index contributed by atoms with van der Waals surface area (Å²) < 4.78 is 0. The van der Waals surface area contributed by atoms with E-state index in [-0.39, 0.29) is 6.61 Å². The second-order valence-corrected chi connectivity index (χ2v) is 1.27. The Balaban J connectivity index is 2.72. The average molecular weight is 117 g/mol. The first kappa shape index (κ1) is 7.43. The largest absolute Gasteiger partial charge is 0.396 e. The van der Waals surface area contributed by atoms with Gasteiger partial charge in [-0.05, 0) is 6.92 Å². The maximum atomic E-state index is 8.23. The minimum atomic E-state index is 0.166. The van der Waals surface area contributed by atoms with Gasteiger partial charge in [0.25, 0.3) is 0 Å². The summed E-state index contributed by atoms with van der Waals surface area (Å²) in [5, 5.41) is 11.7. The molecule has 0 saturated carbocycles. The molecular formula is C5H11NO2. The first-order valence-electron chi connectivity index (χ1n) is 2.62. The molecule has 0 bridgehead atoms. The Hall–Kier alpha value is -0.570. The molecule has 0 aromatic rings. The summed E-state index contributed by atoms with van der Waals surface area (Å²) in [7, 11) is 0. The number of hydrogen-bond donors (Lipinski definition) is 1. The Morgan fingerprint density at radius 2 is 2.50 bits per heavy atom. The highest BCUT2D eigenvalue weighted by atomic mass is 16.6. The summed E-state index contributed by atoms with van der Waals surface area (Å²) >= 11 is 0. The second-order valence-electron chi connectivity index (χ2n) is 1.27. The normalized spacial score (nSPS) is 10.2. The van der Waals surface area contributed by atoms with Crippen molar-refractivity contribution in [3.63, 3.8) is 0 Å². The van der Waals surface area contributed by atoms with Crippen LogP contribution >= 0.6 is 0 Å². The Kier molecular flexibility index (Phi) is 5.97. The lowest BCUT2D eigenvalue weighted by Gasteiger charge is -1.92. The van der Waals surface area contributed by atoms with E-state index in [1.807, 2.05) is 0 Å². The number of hydrogen-bond acceptors (Lipinski definition) is 3. The molecule has 0 rings (SSSR count). The Morgan fingerprint density at radius 3 is 3.00 bits per heavy atom. The van der Waals surface area contributed by atoms with Crippen molar-refractivity contribution in [1.29, 1.82) is 0 Å². The molecule has 0 aromatic heterocycles. The molecule has 0 saturated heterocycles. The van der Waals surface area contributed by atoms with Gasteiger partial charge >= 0.3 is 0 Å². The molecule has 0 aliphatic heterocycles. The molecule has 0 atom stereocenters. The van der Waals surface area contributed by atoms with E-state index in [0.29, 0.717) is 13.0 Å². The minimum Gasteiger partial charge on any atom is -0.396 e. The van der Waals surface area contributed by atoms with Gasteiger partial charge in [0.1, 0.15) is 6.61 Å².